The van der Waals surface area contributed by atoms with Crippen molar-refractivity contribution in [3.8, 4) is 0 Å². The van der Waals surface area contributed by atoms with Gasteiger partial charge in [0.15, 0.2) is 0 Å². The predicted octanol–water partition coefficient (Wildman–Crippen LogP) is 3.09. The van der Waals surface area contributed by atoms with Gasteiger partial charge in [-0.15, -0.1) is 0 Å². The zero-order valence-electron chi connectivity index (χ0n) is 10.9. The fourth-order valence-electron chi connectivity index (χ4n) is 1.16. The normalized spacial score (nSPS) is 14.7. The molecule has 0 aliphatic heterocycles. The number of hydrogen-bond acceptors (Lipinski definition) is 3. The van der Waals surface area contributed by atoms with Gasteiger partial charge in [-0.05, 0) is 33.6 Å². The summed E-state index contributed by atoms with van der Waals surface area (Å²) in [5.41, 5.74) is -0.471. The third-order valence-corrected chi connectivity index (χ3v) is 3.12. The van der Waals surface area contributed by atoms with E-state index in [1.807, 2.05) is 0 Å². The summed E-state index contributed by atoms with van der Waals surface area (Å²) in [6.45, 7) is 5.33. The van der Waals surface area contributed by atoms with Gasteiger partial charge in [-0.2, -0.15) is 26.0 Å². The molecular formula is C10H18F4O4S. The van der Waals surface area contributed by atoms with Gasteiger partial charge in [0.05, 0.1) is 5.60 Å². The smallest absolute Gasteiger partial charge is 0.376 e. The second-order valence-electron chi connectivity index (χ2n) is 5.11. The van der Waals surface area contributed by atoms with Crippen LogP contribution in [0.2, 0.25) is 0 Å². The molecule has 0 spiro atoms. The minimum absolute atomic E-state index is 0.0778. The van der Waals surface area contributed by atoms with Crippen LogP contribution in [0.5, 0.6) is 0 Å². The van der Waals surface area contributed by atoms with Crippen molar-refractivity contribution < 1.29 is 35.3 Å². The van der Waals surface area contributed by atoms with E-state index in [0.29, 0.717) is 0 Å². The topological polar surface area (TPSA) is 63.6 Å². The third kappa shape index (κ3) is 5.62. The second kappa shape index (κ2) is 5.92. The summed E-state index contributed by atoms with van der Waals surface area (Å²) in [5, 5.41) is -5.48. The lowest BCUT2D eigenvalue weighted by Crippen LogP contribution is -2.46. The Hall–Kier alpha value is -0.410. The molecule has 0 saturated heterocycles. The lowest BCUT2D eigenvalue weighted by atomic mass is 10.1. The average Bonchev–Trinajstić information content (AvgIpc) is 2.12. The first-order chi connectivity index (χ1) is 8.21. The first kappa shape index (κ1) is 18.6. The molecule has 116 valence electrons. The zero-order chi connectivity index (χ0) is 15.5. The van der Waals surface area contributed by atoms with Crippen molar-refractivity contribution in [2.45, 2.75) is 56.8 Å². The Bertz CT molecular complexity index is 387. The van der Waals surface area contributed by atoms with Crippen LogP contribution in [0.15, 0.2) is 0 Å². The van der Waals surface area contributed by atoms with Crippen LogP contribution in [0, 0.1) is 0 Å². The fourth-order valence-corrected chi connectivity index (χ4v) is 1.64. The molecule has 9 heteroatoms. The van der Waals surface area contributed by atoms with Crippen molar-refractivity contribution in [2.75, 3.05) is 6.61 Å². The molecule has 0 aliphatic rings. The Morgan fingerprint density at radius 3 is 1.89 bits per heavy atom. The number of alkyl halides is 4. The highest BCUT2D eigenvalue weighted by Gasteiger charge is 2.64. The summed E-state index contributed by atoms with van der Waals surface area (Å²) in [7, 11) is -6.14. The summed E-state index contributed by atoms with van der Waals surface area (Å²) < 4.78 is 85.4. The molecule has 0 radical (unpaired) electrons. The Balaban J connectivity index is 4.34. The number of rotatable bonds is 7. The van der Waals surface area contributed by atoms with Crippen molar-refractivity contribution in [2.24, 2.45) is 0 Å². The zero-order valence-corrected chi connectivity index (χ0v) is 11.7. The number of hydrogen-bond donors (Lipinski definition) is 1. The Kier molecular flexibility index (Phi) is 5.80. The van der Waals surface area contributed by atoms with Crippen molar-refractivity contribution in [3.05, 3.63) is 0 Å². The minimum Gasteiger partial charge on any atom is -0.376 e. The first-order valence-corrected chi connectivity index (χ1v) is 7.01. The van der Waals surface area contributed by atoms with Gasteiger partial charge in [0.25, 0.3) is 0 Å². The molecule has 0 amide bonds. The molecule has 0 heterocycles. The van der Waals surface area contributed by atoms with Gasteiger partial charge in [-0.25, -0.2) is 0 Å². The maximum absolute atomic E-state index is 13.0. The van der Waals surface area contributed by atoms with Crippen LogP contribution in [-0.2, 0) is 14.9 Å². The molecule has 0 aromatic rings. The Morgan fingerprint density at radius 2 is 1.53 bits per heavy atom. The largest absolute Gasteiger partial charge is 0.431 e. The summed E-state index contributed by atoms with van der Waals surface area (Å²) in [5.74, 6) is -4.82. The molecule has 0 rings (SSSR count). The van der Waals surface area contributed by atoms with E-state index in [9.17, 15) is 26.0 Å². The molecule has 0 aromatic heterocycles. The van der Waals surface area contributed by atoms with E-state index in [-0.39, 0.29) is 19.4 Å². The highest BCUT2D eigenvalue weighted by Crippen LogP contribution is 2.41. The molecular weight excluding hydrogens is 292 g/mol. The Morgan fingerprint density at radius 1 is 1.05 bits per heavy atom. The van der Waals surface area contributed by atoms with Crippen molar-refractivity contribution in [1.29, 1.82) is 0 Å². The van der Waals surface area contributed by atoms with E-state index >= 15 is 0 Å². The van der Waals surface area contributed by atoms with Crippen molar-refractivity contribution in [3.63, 3.8) is 0 Å². The molecule has 0 unspecified atom stereocenters. The standard InChI is InChI=1S/C10H18F4O4S/c1-8(2,3)18-7-5-4-6-9(11,12)10(13,14)19(15,16)17/h4-7H2,1-3H3,(H,15,16,17). The van der Waals surface area contributed by atoms with Crippen LogP contribution in [0.25, 0.3) is 0 Å². The molecule has 0 atom stereocenters. The van der Waals surface area contributed by atoms with Crippen molar-refractivity contribution >= 4 is 10.1 Å². The molecule has 0 fully saturated rings. The maximum atomic E-state index is 13.0. The first-order valence-electron chi connectivity index (χ1n) is 5.57. The maximum Gasteiger partial charge on any atom is 0.431 e. The quantitative estimate of drug-likeness (QED) is 0.446. The molecule has 1 N–H and O–H groups in total. The van der Waals surface area contributed by atoms with E-state index in [4.69, 9.17) is 9.29 Å². The van der Waals surface area contributed by atoms with E-state index in [1.54, 1.807) is 20.8 Å². The summed E-state index contributed by atoms with van der Waals surface area (Å²) in [4.78, 5) is 0. The average molecular weight is 310 g/mol. The number of ether oxygens (including phenoxy) is 1. The van der Waals surface area contributed by atoms with Gasteiger partial charge in [-0.1, -0.05) is 0 Å². The lowest BCUT2D eigenvalue weighted by molar-refractivity contribution is -0.165. The third-order valence-electron chi connectivity index (χ3n) is 2.17. The van der Waals surface area contributed by atoms with Crippen LogP contribution < -0.4 is 0 Å². The summed E-state index contributed by atoms with van der Waals surface area (Å²) >= 11 is 0. The van der Waals surface area contributed by atoms with Gasteiger partial charge in [0.1, 0.15) is 0 Å². The predicted molar refractivity (Wildman–Crippen MR) is 61.0 cm³/mol. The molecule has 0 aliphatic carbocycles. The Labute approximate surface area is 109 Å². The lowest BCUT2D eigenvalue weighted by Gasteiger charge is -2.24. The molecule has 19 heavy (non-hydrogen) atoms. The summed E-state index contributed by atoms with van der Waals surface area (Å²) in [6, 6.07) is 0. The van der Waals surface area contributed by atoms with E-state index in [0.717, 1.165) is 0 Å². The van der Waals surface area contributed by atoms with Crippen LogP contribution >= 0.6 is 0 Å². The van der Waals surface area contributed by atoms with Crippen LogP contribution in [-0.4, -0.2) is 36.4 Å². The monoisotopic (exact) mass is 310 g/mol. The molecule has 0 bridgehead atoms. The fraction of sp³-hybridized carbons (Fsp3) is 1.00. The SMILES string of the molecule is CC(C)(C)OCCCCC(F)(F)C(F)(F)S(=O)(=O)O. The number of unbranched alkanes of at least 4 members (excludes halogenated alkanes) is 1. The highest BCUT2D eigenvalue weighted by molar-refractivity contribution is 7.87. The van der Waals surface area contributed by atoms with Gasteiger partial charge in [0.2, 0.25) is 0 Å². The second-order valence-corrected chi connectivity index (χ2v) is 6.58. The van der Waals surface area contributed by atoms with Crippen LogP contribution in [0.4, 0.5) is 17.6 Å². The highest BCUT2D eigenvalue weighted by atomic mass is 32.2. The van der Waals surface area contributed by atoms with Gasteiger partial charge in [-0.3, -0.25) is 4.55 Å². The number of halogens is 4. The van der Waals surface area contributed by atoms with Gasteiger partial charge >= 0.3 is 21.3 Å². The molecule has 0 aromatic carbocycles. The van der Waals surface area contributed by atoms with E-state index < -0.39 is 33.3 Å². The van der Waals surface area contributed by atoms with Gasteiger partial charge < -0.3 is 4.74 Å². The molecule has 0 saturated carbocycles. The summed E-state index contributed by atoms with van der Waals surface area (Å²) in [6.07, 6.45) is -1.63. The van der Waals surface area contributed by atoms with Gasteiger partial charge in [0, 0.05) is 13.0 Å². The van der Waals surface area contributed by atoms with E-state index in [1.165, 1.54) is 0 Å². The minimum atomic E-state index is -6.14. The van der Waals surface area contributed by atoms with Crippen LogP contribution in [0.3, 0.4) is 0 Å². The molecule has 4 nitrogen and oxygen atoms in total. The van der Waals surface area contributed by atoms with Crippen molar-refractivity contribution in [1.82, 2.24) is 0 Å². The van der Waals surface area contributed by atoms with Crippen LogP contribution in [0.1, 0.15) is 40.0 Å². The van der Waals surface area contributed by atoms with E-state index in [2.05, 4.69) is 0 Å².